The molecule has 20 heavy (non-hydrogen) atoms. The zero-order valence-electron chi connectivity index (χ0n) is 11.9. The van der Waals surface area contributed by atoms with E-state index >= 15 is 0 Å². The van der Waals surface area contributed by atoms with Gasteiger partial charge in [0.05, 0.1) is 0 Å². The van der Waals surface area contributed by atoms with Gasteiger partial charge in [0, 0.05) is 11.4 Å². The Morgan fingerprint density at radius 2 is 2.30 bits per heavy atom. The van der Waals surface area contributed by atoms with Crippen molar-refractivity contribution < 1.29 is 4.79 Å². The van der Waals surface area contributed by atoms with Crippen LogP contribution in [0.5, 0.6) is 0 Å². The molecule has 1 saturated heterocycles. The highest BCUT2D eigenvalue weighted by Crippen LogP contribution is 2.46. The summed E-state index contributed by atoms with van der Waals surface area (Å²) in [6.07, 6.45) is 7.88. The number of hydrogen-bond acceptors (Lipinski definition) is 4. The van der Waals surface area contributed by atoms with Gasteiger partial charge in [-0.1, -0.05) is 12.5 Å². The van der Waals surface area contributed by atoms with E-state index in [2.05, 4.69) is 34.0 Å². The highest BCUT2D eigenvalue weighted by Gasteiger charge is 2.59. The quantitative estimate of drug-likeness (QED) is 0.785. The first-order chi connectivity index (χ1) is 9.77. The summed E-state index contributed by atoms with van der Waals surface area (Å²) in [5.74, 6) is 1.56. The van der Waals surface area contributed by atoms with E-state index in [1.165, 1.54) is 23.5 Å². The molecule has 1 aromatic heterocycles. The summed E-state index contributed by atoms with van der Waals surface area (Å²) in [6, 6.07) is 4.21. The first kappa shape index (κ1) is 14.4. The van der Waals surface area contributed by atoms with Crippen LogP contribution in [-0.2, 0) is 4.79 Å². The van der Waals surface area contributed by atoms with Crippen molar-refractivity contribution >= 4 is 29.0 Å². The molecule has 1 aliphatic heterocycles. The Bertz CT molecular complexity index is 456. The van der Waals surface area contributed by atoms with Gasteiger partial charge in [0.25, 0.3) is 0 Å². The molecule has 1 atom stereocenters. The minimum absolute atomic E-state index is 0.116. The smallest absolute Gasteiger partial charge is 0.244 e. The van der Waals surface area contributed by atoms with Gasteiger partial charge >= 0.3 is 0 Å². The van der Waals surface area contributed by atoms with Crippen LogP contribution in [0, 0.1) is 0 Å². The van der Waals surface area contributed by atoms with Crippen LogP contribution in [0.1, 0.15) is 43.1 Å². The summed E-state index contributed by atoms with van der Waals surface area (Å²) >= 11 is 3.64. The molecule has 1 spiro atoms. The normalized spacial score (nSPS) is 23.8. The van der Waals surface area contributed by atoms with Crippen LogP contribution < -0.4 is 5.32 Å². The highest BCUT2D eigenvalue weighted by molar-refractivity contribution is 7.98. The van der Waals surface area contributed by atoms with Gasteiger partial charge in [-0.2, -0.15) is 11.8 Å². The van der Waals surface area contributed by atoms with E-state index in [1.807, 2.05) is 11.8 Å². The fraction of sp³-hybridized carbons (Fsp3) is 0.667. The lowest BCUT2D eigenvalue weighted by molar-refractivity contribution is -0.130. The van der Waals surface area contributed by atoms with E-state index in [1.54, 1.807) is 11.3 Å². The summed E-state index contributed by atoms with van der Waals surface area (Å²) in [6.45, 7) is 0.893. The molecule has 1 aromatic rings. The Morgan fingerprint density at radius 1 is 1.45 bits per heavy atom. The zero-order chi connectivity index (χ0) is 14.0. The van der Waals surface area contributed by atoms with Gasteiger partial charge < -0.3 is 4.90 Å². The predicted molar refractivity (Wildman–Crippen MR) is 86.1 cm³/mol. The molecule has 2 aliphatic rings. The van der Waals surface area contributed by atoms with Crippen molar-refractivity contribution in [3.05, 3.63) is 22.4 Å². The molecule has 0 bridgehead atoms. The highest BCUT2D eigenvalue weighted by atomic mass is 32.2. The third kappa shape index (κ3) is 2.76. The molecule has 2 fully saturated rings. The molecular formula is C15H22N2OS2. The summed E-state index contributed by atoms with van der Waals surface area (Å²) in [4.78, 5) is 15.9. The van der Waals surface area contributed by atoms with Crippen molar-refractivity contribution in [3.8, 4) is 0 Å². The maximum absolute atomic E-state index is 12.6. The molecule has 1 aliphatic carbocycles. The van der Waals surface area contributed by atoms with E-state index in [-0.39, 0.29) is 11.7 Å². The van der Waals surface area contributed by atoms with E-state index in [9.17, 15) is 4.79 Å². The maximum Gasteiger partial charge on any atom is 0.244 e. The van der Waals surface area contributed by atoms with Crippen LogP contribution in [0.15, 0.2) is 17.5 Å². The lowest BCUT2D eigenvalue weighted by atomic mass is 10.2. The average Bonchev–Trinajstić information content (AvgIpc) is 2.93. The fourth-order valence-electron chi connectivity index (χ4n) is 2.88. The van der Waals surface area contributed by atoms with Crippen LogP contribution in [-0.4, -0.2) is 34.9 Å². The molecule has 1 N–H and O–H groups in total. The molecular weight excluding hydrogens is 288 g/mol. The zero-order valence-corrected chi connectivity index (χ0v) is 13.6. The number of carbonyl (C=O) groups is 1. The lowest BCUT2D eigenvalue weighted by Crippen LogP contribution is -2.32. The summed E-state index contributed by atoms with van der Waals surface area (Å²) in [5.41, 5.74) is -0.200. The second-order valence-corrected chi connectivity index (χ2v) is 7.66. The minimum Gasteiger partial charge on any atom is -0.320 e. The second kappa shape index (κ2) is 6.08. The SMILES string of the molecule is CSCCCCCN1C(=O)C2(CC2)NC1c1cccs1. The van der Waals surface area contributed by atoms with Crippen LogP contribution in [0.2, 0.25) is 0 Å². The second-order valence-electron chi connectivity index (χ2n) is 5.70. The Balaban J connectivity index is 1.61. The largest absolute Gasteiger partial charge is 0.320 e. The van der Waals surface area contributed by atoms with Gasteiger partial charge in [-0.05, 0) is 49.1 Å². The lowest BCUT2D eigenvalue weighted by Gasteiger charge is -2.23. The number of rotatable bonds is 7. The maximum atomic E-state index is 12.6. The van der Waals surface area contributed by atoms with E-state index in [0.717, 1.165) is 25.8 Å². The molecule has 0 radical (unpaired) electrons. The Hall–Kier alpha value is -0.520. The van der Waals surface area contributed by atoms with Crippen LogP contribution in [0.25, 0.3) is 0 Å². The number of unbranched alkanes of at least 4 members (excludes halogenated alkanes) is 2. The monoisotopic (exact) mass is 310 g/mol. The van der Waals surface area contributed by atoms with Gasteiger partial charge in [0.1, 0.15) is 11.7 Å². The third-order valence-electron chi connectivity index (χ3n) is 4.21. The van der Waals surface area contributed by atoms with Crippen molar-refractivity contribution in [3.63, 3.8) is 0 Å². The van der Waals surface area contributed by atoms with Gasteiger partial charge in [-0.25, -0.2) is 0 Å². The first-order valence-corrected chi connectivity index (χ1v) is 9.65. The molecule has 5 heteroatoms. The Labute approximate surface area is 129 Å². The molecule has 3 nitrogen and oxygen atoms in total. The summed E-state index contributed by atoms with van der Waals surface area (Å²) in [7, 11) is 0. The van der Waals surface area contributed by atoms with Crippen LogP contribution >= 0.6 is 23.1 Å². The molecule has 1 unspecified atom stereocenters. The number of nitrogens with one attached hydrogen (secondary N) is 1. The van der Waals surface area contributed by atoms with E-state index in [0.29, 0.717) is 5.91 Å². The number of hydrogen-bond donors (Lipinski definition) is 1. The van der Waals surface area contributed by atoms with Crippen LogP contribution in [0.3, 0.4) is 0 Å². The summed E-state index contributed by atoms with van der Waals surface area (Å²) in [5, 5.41) is 5.67. The number of thiophene rings is 1. The van der Waals surface area contributed by atoms with Crippen molar-refractivity contribution in [2.75, 3.05) is 18.6 Å². The standard InChI is InChI=1S/C15H22N2OS2/c1-19-10-4-2-3-9-17-13(12-6-5-11-20-12)16-15(7-8-15)14(17)18/h5-6,11,13,16H,2-4,7-10H2,1H3. The number of carbonyl (C=O) groups excluding carboxylic acids is 1. The third-order valence-corrected chi connectivity index (χ3v) is 5.83. The summed E-state index contributed by atoms with van der Waals surface area (Å²) < 4.78 is 0. The number of amides is 1. The molecule has 1 saturated carbocycles. The average molecular weight is 310 g/mol. The molecule has 0 aromatic carbocycles. The van der Waals surface area contributed by atoms with Crippen molar-refractivity contribution in [2.45, 2.75) is 43.8 Å². The molecule has 110 valence electrons. The minimum atomic E-state index is -0.200. The van der Waals surface area contributed by atoms with E-state index < -0.39 is 0 Å². The Kier molecular flexibility index (Phi) is 4.38. The van der Waals surface area contributed by atoms with E-state index in [4.69, 9.17) is 0 Å². The number of nitrogens with zero attached hydrogens (tertiary/aromatic N) is 1. The van der Waals surface area contributed by atoms with Crippen molar-refractivity contribution in [1.82, 2.24) is 10.2 Å². The van der Waals surface area contributed by atoms with Crippen LogP contribution in [0.4, 0.5) is 0 Å². The van der Waals surface area contributed by atoms with Gasteiger partial charge in [-0.15, -0.1) is 11.3 Å². The Morgan fingerprint density at radius 3 is 2.95 bits per heavy atom. The topological polar surface area (TPSA) is 32.3 Å². The molecule has 1 amide bonds. The first-order valence-electron chi connectivity index (χ1n) is 7.38. The molecule has 3 rings (SSSR count). The van der Waals surface area contributed by atoms with Crippen molar-refractivity contribution in [1.29, 1.82) is 0 Å². The number of thioether (sulfide) groups is 1. The van der Waals surface area contributed by atoms with Gasteiger partial charge in [0.2, 0.25) is 5.91 Å². The van der Waals surface area contributed by atoms with Gasteiger partial charge in [-0.3, -0.25) is 10.1 Å². The fourth-order valence-corrected chi connectivity index (χ4v) is 4.16. The van der Waals surface area contributed by atoms with Gasteiger partial charge in [0.15, 0.2) is 0 Å². The van der Waals surface area contributed by atoms with Crippen molar-refractivity contribution in [2.24, 2.45) is 0 Å². The molecule has 2 heterocycles. The predicted octanol–water partition coefficient (Wildman–Crippen LogP) is 3.24.